The zero-order valence-electron chi connectivity index (χ0n) is 15.5. The van der Waals surface area contributed by atoms with E-state index in [4.69, 9.17) is 4.74 Å². The number of piperidine rings is 1. The number of nitrogens with zero attached hydrogens (tertiary/aromatic N) is 1. The number of carbonyl (C=O) groups excluding carboxylic acids is 1. The Labute approximate surface area is 162 Å². The lowest BCUT2D eigenvalue weighted by Crippen LogP contribution is -2.41. The van der Waals surface area contributed by atoms with Crippen molar-refractivity contribution in [3.05, 3.63) is 35.9 Å². The molecule has 1 aromatic carbocycles. The molecule has 1 amide bonds. The summed E-state index contributed by atoms with van der Waals surface area (Å²) >= 11 is 0. The molecule has 2 saturated heterocycles. The Morgan fingerprint density at radius 3 is 2.58 bits per heavy atom. The van der Waals surface area contributed by atoms with E-state index in [0.29, 0.717) is 37.6 Å². The van der Waals surface area contributed by atoms with Crippen molar-refractivity contribution in [1.29, 1.82) is 0 Å². The number of amides is 1. The molecule has 0 radical (unpaired) electrons. The molecule has 2 heterocycles. The summed E-state index contributed by atoms with van der Waals surface area (Å²) in [6.07, 6.45) is 4.67. The molecule has 3 rings (SSSR count). The number of nitrogens with one attached hydrogen (secondary N) is 1. The molecular weight excluding hydrogens is 352 g/mol. The van der Waals surface area contributed by atoms with Gasteiger partial charge in [0.1, 0.15) is 0 Å². The quantitative estimate of drug-likeness (QED) is 0.724. The van der Waals surface area contributed by atoms with Crippen molar-refractivity contribution in [1.82, 2.24) is 10.2 Å². The fraction of sp³-hybridized carbons (Fsp3) is 0.650. The maximum Gasteiger partial charge on any atom is 0.222 e. The van der Waals surface area contributed by atoms with Gasteiger partial charge in [0.2, 0.25) is 5.91 Å². The number of aliphatic hydroxyl groups excluding tert-OH is 1. The molecule has 6 heteroatoms. The fourth-order valence-electron chi connectivity index (χ4n) is 4.10. The molecule has 5 nitrogen and oxygen atoms in total. The molecule has 146 valence electrons. The molecule has 2 N–H and O–H groups in total. The van der Waals surface area contributed by atoms with Gasteiger partial charge in [0, 0.05) is 32.1 Å². The molecule has 0 saturated carbocycles. The van der Waals surface area contributed by atoms with Gasteiger partial charge in [0.25, 0.3) is 0 Å². The lowest BCUT2D eigenvalue weighted by molar-refractivity contribution is -0.133. The van der Waals surface area contributed by atoms with Crippen molar-refractivity contribution >= 4 is 18.3 Å². The van der Waals surface area contributed by atoms with Crippen LogP contribution in [0.5, 0.6) is 0 Å². The zero-order chi connectivity index (χ0) is 17.6. The first-order valence-corrected chi connectivity index (χ1v) is 9.40. The standard InChI is InChI=1S/C20H30N2O3.ClH/c1-22(12-19(23)14-25-13-15-5-3-2-4-6-15)20(24)11-16-9-17-7-8-18(10-16)21-17;/h2-6,16-19,21,23H,7-14H2,1H3;1H. The molecule has 0 aromatic heterocycles. The van der Waals surface area contributed by atoms with Crippen LogP contribution >= 0.6 is 12.4 Å². The van der Waals surface area contributed by atoms with Crippen molar-refractivity contribution < 1.29 is 14.6 Å². The summed E-state index contributed by atoms with van der Waals surface area (Å²) in [7, 11) is 1.78. The van der Waals surface area contributed by atoms with E-state index in [1.807, 2.05) is 30.3 Å². The monoisotopic (exact) mass is 382 g/mol. The van der Waals surface area contributed by atoms with Crippen LogP contribution in [0.15, 0.2) is 30.3 Å². The van der Waals surface area contributed by atoms with Gasteiger partial charge >= 0.3 is 0 Å². The van der Waals surface area contributed by atoms with E-state index in [2.05, 4.69) is 5.32 Å². The topological polar surface area (TPSA) is 61.8 Å². The van der Waals surface area contributed by atoms with Gasteiger partial charge in [-0.1, -0.05) is 30.3 Å². The normalized spacial score (nSPS) is 25.4. The molecule has 2 fully saturated rings. The minimum absolute atomic E-state index is 0. The van der Waals surface area contributed by atoms with Gasteiger partial charge in [-0.2, -0.15) is 0 Å². The first-order valence-electron chi connectivity index (χ1n) is 9.40. The molecular formula is C20H31ClN2O3. The van der Waals surface area contributed by atoms with Crippen LogP contribution < -0.4 is 5.32 Å². The Kier molecular flexibility index (Phi) is 8.35. The van der Waals surface area contributed by atoms with Crippen LogP contribution in [0.2, 0.25) is 0 Å². The van der Waals surface area contributed by atoms with Crippen molar-refractivity contribution in [3.63, 3.8) is 0 Å². The molecule has 1 aromatic rings. The second kappa shape index (κ2) is 10.3. The Morgan fingerprint density at radius 1 is 1.27 bits per heavy atom. The van der Waals surface area contributed by atoms with Crippen LogP contribution in [0.4, 0.5) is 0 Å². The molecule has 26 heavy (non-hydrogen) atoms. The largest absolute Gasteiger partial charge is 0.389 e. The number of likely N-dealkylation sites (N-methyl/N-ethyl adjacent to an activating group) is 1. The van der Waals surface area contributed by atoms with E-state index in [9.17, 15) is 9.90 Å². The number of fused-ring (bicyclic) bond motifs is 2. The Morgan fingerprint density at radius 2 is 1.92 bits per heavy atom. The average molecular weight is 383 g/mol. The van der Waals surface area contributed by atoms with Crippen molar-refractivity contribution in [2.75, 3.05) is 20.2 Å². The molecule has 3 unspecified atom stereocenters. The summed E-state index contributed by atoms with van der Waals surface area (Å²) in [5.41, 5.74) is 1.08. The SMILES string of the molecule is CN(CC(O)COCc1ccccc1)C(=O)CC1CC2CCC(C1)N2.Cl. The van der Waals surface area contributed by atoms with Crippen LogP contribution in [0.25, 0.3) is 0 Å². The molecule has 2 bridgehead atoms. The minimum atomic E-state index is -0.651. The summed E-state index contributed by atoms with van der Waals surface area (Å²) in [5, 5.41) is 13.7. The highest BCUT2D eigenvalue weighted by Crippen LogP contribution is 2.32. The van der Waals surface area contributed by atoms with Crippen molar-refractivity contribution in [2.24, 2.45) is 5.92 Å². The molecule has 3 atom stereocenters. The number of ether oxygens (including phenoxy) is 1. The van der Waals surface area contributed by atoms with E-state index in [1.165, 1.54) is 12.8 Å². The van der Waals surface area contributed by atoms with Gasteiger partial charge in [0.05, 0.1) is 19.3 Å². The summed E-state index contributed by atoms with van der Waals surface area (Å²) in [4.78, 5) is 14.1. The highest BCUT2D eigenvalue weighted by Gasteiger charge is 2.34. The molecule has 0 aliphatic carbocycles. The first kappa shape index (κ1) is 21.2. The van der Waals surface area contributed by atoms with Crippen molar-refractivity contribution in [2.45, 2.75) is 56.9 Å². The van der Waals surface area contributed by atoms with Gasteiger partial charge in [-0.25, -0.2) is 0 Å². The second-order valence-corrected chi connectivity index (χ2v) is 7.61. The fourth-order valence-corrected chi connectivity index (χ4v) is 4.10. The third kappa shape index (κ3) is 6.23. The number of benzene rings is 1. The third-order valence-corrected chi connectivity index (χ3v) is 5.37. The van der Waals surface area contributed by atoms with Crippen LogP contribution in [0, 0.1) is 5.92 Å². The smallest absolute Gasteiger partial charge is 0.222 e. The van der Waals surface area contributed by atoms with E-state index < -0.39 is 6.10 Å². The number of hydrogen-bond acceptors (Lipinski definition) is 4. The van der Waals surface area contributed by atoms with Gasteiger partial charge in [-0.3, -0.25) is 4.79 Å². The Hall–Kier alpha value is -1.14. The number of carbonyl (C=O) groups is 1. The molecule has 2 aliphatic rings. The predicted molar refractivity (Wildman–Crippen MR) is 104 cm³/mol. The zero-order valence-corrected chi connectivity index (χ0v) is 16.3. The van der Waals surface area contributed by atoms with Crippen LogP contribution in [-0.2, 0) is 16.1 Å². The van der Waals surface area contributed by atoms with Gasteiger partial charge in [0.15, 0.2) is 0 Å². The lowest BCUT2D eigenvalue weighted by atomic mass is 9.89. The maximum absolute atomic E-state index is 12.4. The predicted octanol–water partition coefficient (Wildman–Crippen LogP) is 2.36. The van der Waals surface area contributed by atoms with E-state index in [-0.39, 0.29) is 24.9 Å². The summed E-state index contributed by atoms with van der Waals surface area (Å²) in [6.45, 7) is 1.04. The second-order valence-electron chi connectivity index (χ2n) is 7.61. The number of aliphatic hydroxyl groups is 1. The molecule has 2 aliphatic heterocycles. The minimum Gasteiger partial charge on any atom is -0.389 e. The van der Waals surface area contributed by atoms with Gasteiger partial charge < -0.3 is 20.1 Å². The van der Waals surface area contributed by atoms with Gasteiger partial charge in [-0.15, -0.1) is 12.4 Å². The maximum atomic E-state index is 12.4. The highest BCUT2D eigenvalue weighted by atomic mass is 35.5. The lowest BCUT2D eigenvalue weighted by Gasteiger charge is -2.30. The number of hydrogen-bond donors (Lipinski definition) is 2. The third-order valence-electron chi connectivity index (χ3n) is 5.37. The van der Waals surface area contributed by atoms with E-state index in [0.717, 1.165) is 18.4 Å². The summed E-state index contributed by atoms with van der Waals surface area (Å²) < 4.78 is 5.55. The number of rotatable bonds is 8. The van der Waals surface area contributed by atoms with Crippen LogP contribution in [0.1, 0.15) is 37.7 Å². The summed E-state index contributed by atoms with van der Waals surface area (Å²) in [6, 6.07) is 11.1. The average Bonchev–Trinajstić information content (AvgIpc) is 2.94. The van der Waals surface area contributed by atoms with Crippen LogP contribution in [0.3, 0.4) is 0 Å². The highest BCUT2D eigenvalue weighted by molar-refractivity contribution is 5.85. The Balaban J connectivity index is 0.00000243. The first-order chi connectivity index (χ1) is 12.1. The van der Waals surface area contributed by atoms with Gasteiger partial charge in [-0.05, 0) is 37.2 Å². The van der Waals surface area contributed by atoms with Crippen molar-refractivity contribution in [3.8, 4) is 0 Å². The van der Waals surface area contributed by atoms with E-state index >= 15 is 0 Å². The molecule has 0 spiro atoms. The van der Waals surface area contributed by atoms with Crippen LogP contribution in [-0.4, -0.2) is 54.3 Å². The summed E-state index contributed by atoms with van der Waals surface area (Å²) in [5.74, 6) is 0.619. The number of halogens is 1. The Bertz CT molecular complexity index is 545. The van der Waals surface area contributed by atoms with E-state index in [1.54, 1.807) is 11.9 Å².